The van der Waals surface area contributed by atoms with Crippen molar-refractivity contribution in [1.29, 1.82) is 0 Å². The van der Waals surface area contributed by atoms with Crippen LogP contribution in [-0.2, 0) is 13.5 Å². The molecule has 0 spiro atoms. The SMILES string of the molecule is Cc1nc(CCN)n(C)c1-c1ccc(Br)s1. The third-order valence-corrected chi connectivity index (χ3v) is 4.17. The van der Waals surface area contributed by atoms with Gasteiger partial charge in [0.25, 0.3) is 0 Å². The van der Waals surface area contributed by atoms with E-state index < -0.39 is 0 Å². The van der Waals surface area contributed by atoms with Gasteiger partial charge in [-0.05, 0) is 41.5 Å². The highest BCUT2D eigenvalue weighted by molar-refractivity contribution is 9.11. The second-order valence-electron chi connectivity index (χ2n) is 3.66. The number of rotatable bonds is 3. The van der Waals surface area contributed by atoms with Crippen LogP contribution in [0.3, 0.4) is 0 Å². The molecule has 0 bridgehead atoms. The predicted octanol–water partition coefficient (Wildman–Crippen LogP) is 2.72. The monoisotopic (exact) mass is 299 g/mol. The van der Waals surface area contributed by atoms with E-state index in [2.05, 4.69) is 37.6 Å². The standard InChI is InChI=1S/C11H14BrN3S/c1-7-11(8-3-4-9(12)16-8)15(2)10(14-7)5-6-13/h3-4H,5-6,13H2,1-2H3. The minimum atomic E-state index is 0.637. The van der Waals surface area contributed by atoms with E-state index in [1.807, 2.05) is 14.0 Å². The van der Waals surface area contributed by atoms with Gasteiger partial charge in [0.2, 0.25) is 0 Å². The molecule has 2 aromatic rings. The highest BCUT2D eigenvalue weighted by Gasteiger charge is 2.14. The molecule has 2 heterocycles. The molecule has 3 nitrogen and oxygen atoms in total. The first-order valence-electron chi connectivity index (χ1n) is 5.11. The van der Waals surface area contributed by atoms with Crippen LogP contribution in [0.4, 0.5) is 0 Å². The van der Waals surface area contributed by atoms with Crippen molar-refractivity contribution in [3.63, 3.8) is 0 Å². The predicted molar refractivity (Wildman–Crippen MR) is 71.7 cm³/mol. The van der Waals surface area contributed by atoms with Crippen molar-refractivity contribution in [3.8, 4) is 10.6 Å². The molecule has 0 aliphatic carbocycles. The average molecular weight is 300 g/mol. The van der Waals surface area contributed by atoms with Crippen LogP contribution in [-0.4, -0.2) is 16.1 Å². The minimum Gasteiger partial charge on any atom is -0.330 e. The van der Waals surface area contributed by atoms with Gasteiger partial charge in [0.05, 0.1) is 20.1 Å². The number of hydrogen-bond donors (Lipinski definition) is 1. The molecule has 0 aromatic carbocycles. The van der Waals surface area contributed by atoms with Gasteiger partial charge in [0.1, 0.15) is 5.82 Å². The van der Waals surface area contributed by atoms with E-state index in [0.29, 0.717) is 6.54 Å². The Kier molecular flexibility index (Phi) is 3.47. The molecular formula is C11H14BrN3S. The molecule has 0 saturated heterocycles. The van der Waals surface area contributed by atoms with Gasteiger partial charge in [-0.3, -0.25) is 0 Å². The summed E-state index contributed by atoms with van der Waals surface area (Å²) in [7, 11) is 2.05. The van der Waals surface area contributed by atoms with E-state index in [4.69, 9.17) is 5.73 Å². The summed E-state index contributed by atoms with van der Waals surface area (Å²) in [6.45, 7) is 2.68. The molecule has 0 saturated carbocycles. The van der Waals surface area contributed by atoms with Crippen LogP contribution in [0.25, 0.3) is 10.6 Å². The summed E-state index contributed by atoms with van der Waals surface area (Å²) < 4.78 is 3.28. The zero-order valence-electron chi connectivity index (χ0n) is 9.33. The third kappa shape index (κ3) is 2.07. The number of hydrogen-bond acceptors (Lipinski definition) is 3. The maximum absolute atomic E-state index is 5.57. The average Bonchev–Trinajstić information content (AvgIpc) is 2.74. The normalized spacial score (nSPS) is 11.0. The maximum atomic E-state index is 5.57. The first-order chi connectivity index (χ1) is 7.63. The highest BCUT2D eigenvalue weighted by atomic mass is 79.9. The smallest absolute Gasteiger partial charge is 0.110 e. The number of thiophene rings is 1. The van der Waals surface area contributed by atoms with Crippen LogP contribution in [0.2, 0.25) is 0 Å². The van der Waals surface area contributed by atoms with Crippen molar-refractivity contribution in [2.75, 3.05) is 6.54 Å². The van der Waals surface area contributed by atoms with Crippen molar-refractivity contribution in [1.82, 2.24) is 9.55 Å². The molecule has 0 aliphatic heterocycles. The fraction of sp³-hybridized carbons (Fsp3) is 0.364. The molecule has 0 amide bonds. The van der Waals surface area contributed by atoms with Gasteiger partial charge in [0.15, 0.2) is 0 Å². The molecule has 2 aromatic heterocycles. The zero-order chi connectivity index (χ0) is 11.7. The topological polar surface area (TPSA) is 43.8 Å². The number of aryl methyl sites for hydroxylation is 1. The fourth-order valence-corrected chi connectivity index (χ4v) is 3.35. The number of aromatic nitrogens is 2. The molecule has 0 unspecified atom stereocenters. The van der Waals surface area contributed by atoms with Gasteiger partial charge in [-0.25, -0.2) is 4.98 Å². The van der Waals surface area contributed by atoms with Gasteiger partial charge < -0.3 is 10.3 Å². The van der Waals surface area contributed by atoms with Crippen LogP contribution >= 0.6 is 27.3 Å². The number of nitrogens with zero attached hydrogens (tertiary/aromatic N) is 2. The Bertz CT molecular complexity index is 501. The minimum absolute atomic E-state index is 0.637. The molecule has 0 radical (unpaired) electrons. The molecule has 0 aliphatic rings. The summed E-state index contributed by atoms with van der Waals surface area (Å²) in [5, 5.41) is 0. The molecule has 16 heavy (non-hydrogen) atoms. The van der Waals surface area contributed by atoms with E-state index in [1.165, 1.54) is 10.6 Å². The maximum Gasteiger partial charge on any atom is 0.110 e. The zero-order valence-corrected chi connectivity index (χ0v) is 11.7. The van der Waals surface area contributed by atoms with Crippen LogP contribution in [0.15, 0.2) is 15.9 Å². The summed E-state index contributed by atoms with van der Waals surface area (Å²) in [6.07, 6.45) is 0.823. The lowest BCUT2D eigenvalue weighted by Gasteiger charge is -2.03. The van der Waals surface area contributed by atoms with E-state index in [-0.39, 0.29) is 0 Å². The molecule has 5 heteroatoms. The third-order valence-electron chi connectivity index (χ3n) is 2.54. The van der Waals surface area contributed by atoms with Crippen molar-refractivity contribution in [3.05, 3.63) is 27.4 Å². The van der Waals surface area contributed by atoms with Crippen molar-refractivity contribution >= 4 is 27.3 Å². The lowest BCUT2D eigenvalue weighted by Crippen LogP contribution is -2.08. The second kappa shape index (κ2) is 4.69. The number of halogens is 1. The lowest BCUT2D eigenvalue weighted by atomic mass is 10.3. The summed E-state index contributed by atoms with van der Waals surface area (Å²) in [4.78, 5) is 5.80. The van der Waals surface area contributed by atoms with E-state index in [0.717, 1.165) is 21.7 Å². The molecule has 0 fully saturated rings. The number of nitrogens with two attached hydrogens (primary N) is 1. The van der Waals surface area contributed by atoms with Crippen LogP contribution in [0, 0.1) is 6.92 Å². The molecule has 2 rings (SSSR count). The largest absolute Gasteiger partial charge is 0.330 e. The van der Waals surface area contributed by atoms with Crippen molar-refractivity contribution in [2.45, 2.75) is 13.3 Å². The summed E-state index contributed by atoms with van der Waals surface area (Å²) in [5.41, 5.74) is 7.84. The quantitative estimate of drug-likeness (QED) is 0.947. The fourth-order valence-electron chi connectivity index (χ4n) is 1.83. The van der Waals surface area contributed by atoms with Gasteiger partial charge in [0, 0.05) is 13.5 Å². The van der Waals surface area contributed by atoms with Gasteiger partial charge in [-0.2, -0.15) is 0 Å². The Labute approximate surface area is 107 Å². The summed E-state index contributed by atoms with van der Waals surface area (Å²) in [5.74, 6) is 1.06. The highest BCUT2D eigenvalue weighted by Crippen LogP contribution is 2.33. The Morgan fingerprint density at radius 2 is 2.25 bits per heavy atom. The van der Waals surface area contributed by atoms with Gasteiger partial charge >= 0.3 is 0 Å². The molecule has 86 valence electrons. The van der Waals surface area contributed by atoms with Gasteiger partial charge in [-0.15, -0.1) is 11.3 Å². The number of imidazole rings is 1. The Balaban J connectivity index is 2.48. The van der Waals surface area contributed by atoms with Crippen molar-refractivity contribution < 1.29 is 0 Å². The summed E-state index contributed by atoms with van der Waals surface area (Å²) in [6, 6.07) is 4.18. The molecular weight excluding hydrogens is 286 g/mol. The Morgan fingerprint density at radius 3 is 2.81 bits per heavy atom. The van der Waals surface area contributed by atoms with E-state index >= 15 is 0 Å². The van der Waals surface area contributed by atoms with Crippen molar-refractivity contribution in [2.24, 2.45) is 12.8 Å². The van der Waals surface area contributed by atoms with Crippen LogP contribution < -0.4 is 5.73 Å². The Morgan fingerprint density at radius 1 is 1.50 bits per heavy atom. The Hall–Kier alpha value is -0.650. The van der Waals surface area contributed by atoms with Gasteiger partial charge in [-0.1, -0.05) is 0 Å². The van der Waals surface area contributed by atoms with E-state index in [1.54, 1.807) is 11.3 Å². The second-order valence-corrected chi connectivity index (χ2v) is 6.13. The van der Waals surface area contributed by atoms with Crippen LogP contribution in [0.1, 0.15) is 11.5 Å². The molecule has 0 atom stereocenters. The first kappa shape index (κ1) is 11.8. The lowest BCUT2D eigenvalue weighted by molar-refractivity contribution is 0.782. The van der Waals surface area contributed by atoms with E-state index in [9.17, 15) is 0 Å². The molecule has 2 N–H and O–H groups in total. The van der Waals surface area contributed by atoms with Crippen LogP contribution in [0.5, 0.6) is 0 Å². The first-order valence-corrected chi connectivity index (χ1v) is 6.72. The summed E-state index contributed by atoms with van der Waals surface area (Å²) >= 11 is 5.21.